The third-order valence-electron chi connectivity index (χ3n) is 2.29. The van der Waals surface area contributed by atoms with Crippen molar-refractivity contribution in [3.8, 4) is 11.5 Å². The molecular weight excluding hydrogens is 299 g/mol. The quantitative estimate of drug-likeness (QED) is 0.839. The molecule has 7 heteroatoms. The molecule has 1 heterocycles. The molecule has 0 bridgehead atoms. The van der Waals surface area contributed by atoms with Crippen molar-refractivity contribution in [2.24, 2.45) is 0 Å². The zero-order valence-electron chi connectivity index (χ0n) is 8.70. The molecule has 0 aliphatic carbocycles. The van der Waals surface area contributed by atoms with E-state index in [0.717, 1.165) is 7.11 Å². The lowest BCUT2D eigenvalue weighted by molar-refractivity contribution is -0.150. The second-order valence-electron chi connectivity index (χ2n) is 3.25. The Labute approximate surface area is 104 Å². The summed E-state index contributed by atoms with van der Waals surface area (Å²) in [6.07, 6.45) is -1.72. The van der Waals surface area contributed by atoms with Gasteiger partial charge in [0.2, 0.25) is 12.5 Å². The van der Waals surface area contributed by atoms with Crippen LogP contribution in [0.15, 0.2) is 10.5 Å². The van der Waals surface area contributed by atoms with Crippen LogP contribution < -0.4 is 9.47 Å². The summed E-state index contributed by atoms with van der Waals surface area (Å²) in [7, 11) is 1.10. The van der Waals surface area contributed by atoms with Crippen LogP contribution >= 0.6 is 15.9 Å². The van der Waals surface area contributed by atoms with Gasteiger partial charge in [-0.15, -0.1) is 0 Å². The van der Waals surface area contributed by atoms with E-state index in [2.05, 4.69) is 20.7 Å². The number of carbonyl (C=O) groups excluding carboxylic acids is 1. The SMILES string of the molecule is COC(=O)C(O)c1c(Br)cc2c(c1F)OCO2. The first-order chi connectivity index (χ1) is 8.06. The van der Waals surface area contributed by atoms with E-state index in [1.54, 1.807) is 0 Å². The van der Waals surface area contributed by atoms with Crippen LogP contribution in [0.2, 0.25) is 0 Å². The Bertz CT molecular complexity index is 476. The number of rotatable bonds is 2. The van der Waals surface area contributed by atoms with E-state index in [1.807, 2.05) is 0 Å². The van der Waals surface area contributed by atoms with Crippen LogP contribution in [-0.4, -0.2) is 25.0 Å². The zero-order chi connectivity index (χ0) is 12.6. The van der Waals surface area contributed by atoms with E-state index in [9.17, 15) is 14.3 Å². The Kier molecular flexibility index (Phi) is 3.21. The highest BCUT2D eigenvalue weighted by molar-refractivity contribution is 9.10. The molecule has 0 saturated heterocycles. The molecule has 2 rings (SSSR count). The lowest BCUT2D eigenvalue weighted by atomic mass is 10.1. The molecular formula is C10H8BrFO5. The fourth-order valence-corrected chi connectivity index (χ4v) is 2.07. The van der Waals surface area contributed by atoms with Crippen molar-refractivity contribution in [3.05, 3.63) is 21.9 Å². The monoisotopic (exact) mass is 306 g/mol. The standard InChI is InChI=1S/C10H8BrFO5/c1-15-10(14)8(13)6-4(11)2-5-9(7(6)12)17-3-16-5/h2,8,13H,3H2,1H3. The number of benzene rings is 1. The summed E-state index contributed by atoms with van der Waals surface area (Å²) in [6.45, 7) is -0.101. The molecule has 5 nitrogen and oxygen atoms in total. The Hall–Kier alpha value is -1.34. The summed E-state index contributed by atoms with van der Waals surface area (Å²) >= 11 is 3.06. The normalized spacial score (nSPS) is 14.6. The van der Waals surface area contributed by atoms with Gasteiger partial charge in [0.1, 0.15) is 0 Å². The first-order valence-electron chi connectivity index (χ1n) is 4.59. The smallest absolute Gasteiger partial charge is 0.339 e. The number of aliphatic hydroxyl groups excluding tert-OH is 1. The van der Waals surface area contributed by atoms with Crippen molar-refractivity contribution in [1.29, 1.82) is 0 Å². The molecule has 1 N–H and O–H groups in total. The maximum atomic E-state index is 14.0. The number of esters is 1. The first-order valence-corrected chi connectivity index (χ1v) is 5.39. The average Bonchev–Trinajstić information content (AvgIpc) is 2.75. The topological polar surface area (TPSA) is 65.0 Å². The summed E-state index contributed by atoms with van der Waals surface area (Å²) in [5, 5.41) is 9.64. The van der Waals surface area contributed by atoms with Gasteiger partial charge in [-0.05, 0) is 6.07 Å². The average molecular weight is 307 g/mol. The lowest BCUT2D eigenvalue weighted by Crippen LogP contribution is -2.15. The number of methoxy groups -OCH3 is 1. The number of carbonyl (C=O) groups is 1. The van der Waals surface area contributed by atoms with E-state index in [0.29, 0.717) is 0 Å². The van der Waals surface area contributed by atoms with Gasteiger partial charge in [0, 0.05) is 10.0 Å². The second-order valence-corrected chi connectivity index (χ2v) is 4.10. The highest BCUT2D eigenvalue weighted by atomic mass is 79.9. The van der Waals surface area contributed by atoms with E-state index < -0.39 is 17.9 Å². The molecule has 0 fully saturated rings. The molecule has 0 saturated carbocycles. The zero-order valence-corrected chi connectivity index (χ0v) is 10.3. The fourth-order valence-electron chi connectivity index (χ4n) is 1.47. The van der Waals surface area contributed by atoms with Crippen LogP contribution in [-0.2, 0) is 9.53 Å². The van der Waals surface area contributed by atoms with Gasteiger partial charge in [-0.3, -0.25) is 0 Å². The molecule has 1 unspecified atom stereocenters. The van der Waals surface area contributed by atoms with Gasteiger partial charge in [0.05, 0.1) is 7.11 Å². The van der Waals surface area contributed by atoms with E-state index in [1.165, 1.54) is 6.07 Å². The summed E-state index contributed by atoms with van der Waals surface area (Å²) in [5.74, 6) is -1.70. The minimum Gasteiger partial charge on any atom is -0.467 e. The molecule has 0 aromatic heterocycles. The van der Waals surface area contributed by atoms with Gasteiger partial charge < -0.3 is 19.3 Å². The Morgan fingerprint density at radius 1 is 1.65 bits per heavy atom. The number of fused-ring (bicyclic) bond motifs is 1. The van der Waals surface area contributed by atoms with Gasteiger partial charge in [0.15, 0.2) is 17.7 Å². The third-order valence-corrected chi connectivity index (χ3v) is 2.95. The predicted octanol–water partition coefficient (Wildman–Crippen LogP) is 1.52. The fraction of sp³-hybridized carbons (Fsp3) is 0.300. The molecule has 17 heavy (non-hydrogen) atoms. The Balaban J connectivity index is 2.51. The van der Waals surface area contributed by atoms with Crippen molar-refractivity contribution in [2.75, 3.05) is 13.9 Å². The molecule has 1 aliphatic rings. The van der Waals surface area contributed by atoms with Crippen LogP contribution in [0.4, 0.5) is 4.39 Å². The predicted molar refractivity (Wildman–Crippen MR) is 57.2 cm³/mol. The van der Waals surface area contributed by atoms with Crippen LogP contribution in [0.5, 0.6) is 11.5 Å². The number of aliphatic hydroxyl groups is 1. The summed E-state index contributed by atoms with van der Waals surface area (Å²) in [6, 6.07) is 1.42. The number of halogens is 2. The molecule has 0 spiro atoms. The van der Waals surface area contributed by atoms with Crippen molar-refractivity contribution in [2.45, 2.75) is 6.10 Å². The molecule has 1 aromatic carbocycles. The van der Waals surface area contributed by atoms with Gasteiger partial charge in [0.25, 0.3) is 0 Å². The second kappa shape index (κ2) is 4.50. The number of hydrogen-bond acceptors (Lipinski definition) is 5. The highest BCUT2D eigenvalue weighted by Crippen LogP contribution is 2.42. The largest absolute Gasteiger partial charge is 0.467 e. The van der Waals surface area contributed by atoms with Crippen LogP contribution in [0.25, 0.3) is 0 Å². The van der Waals surface area contributed by atoms with E-state index in [4.69, 9.17) is 9.47 Å². The molecule has 0 radical (unpaired) electrons. The van der Waals surface area contributed by atoms with Crippen molar-refractivity contribution in [3.63, 3.8) is 0 Å². The van der Waals surface area contributed by atoms with Crippen molar-refractivity contribution < 1.29 is 28.5 Å². The maximum absolute atomic E-state index is 14.0. The lowest BCUT2D eigenvalue weighted by Gasteiger charge is -2.12. The Morgan fingerprint density at radius 3 is 3.00 bits per heavy atom. The van der Waals surface area contributed by atoms with E-state index in [-0.39, 0.29) is 28.3 Å². The minimum atomic E-state index is -1.72. The van der Waals surface area contributed by atoms with Gasteiger partial charge in [-0.1, -0.05) is 15.9 Å². The maximum Gasteiger partial charge on any atom is 0.339 e. The third kappa shape index (κ3) is 1.96. The van der Waals surface area contributed by atoms with Gasteiger partial charge in [-0.2, -0.15) is 0 Å². The molecule has 1 aliphatic heterocycles. The van der Waals surface area contributed by atoms with Gasteiger partial charge >= 0.3 is 5.97 Å². The van der Waals surface area contributed by atoms with Gasteiger partial charge in [-0.25, -0.2) is 9.18 Å². The Morgan fingerprint density at radius 2 is 2.35 bits per heavy atom. The van der Waals surface area contributed by atoms with Crippen molar-refractivity contribution in [1.82, 2.24) is 0 Å². The molecule has 1 aromatic rings. The summed E-state index contributed by atoms with van der Waals surface area (Å²) in [5.41, 5.74) is -0.235. The molecule has 92 valence electrons. The summed E-state index contributed by atoms with van der Waals surface area (Å²) < 4.78 is 28.4. The molecule has 0 amide bonds. The van der Waals surface area contributed by atoms with Crippen LogP contribution in [0.1, 0.15) is 11.7 Å². The number of ether oxygens (including phenoxy) is 3. The van der Waals surface area contributed by atoms with E-state index >= 15 is 0 Å². The number of hydrogen-bond donors (Lipinski definition) is 1. The van der Waals surface area contributed by atoms with Crippen LogP contribution in [0.3, 0.4) is 0 Å². The summed E-state index contributed by atoms with van der Waals surface area (Å²) in [4.78, 5) is 11.2. The van der Waals surface area contributed by atoms with Crippen LogP contribution in [0, 0.1) is 5.82 Å². The van der Waals surface area contributed by atoms with Crippen molar-refractivity contribution >= 4 is 21.9 Å². The first kappa shape index (κ1) is 12.1. The molecule has 1 atom stereocenters. The highest BCUT2D eigenvalue weighted by Gasteiger charge is 2.31. The minimum absolute atomic E-state index is 0.101.